The summed E-state index contributed by atoms with van der Waals surface area (Å²) in [5, 5.41) is 39.0. The van der Waals surface area contributed by atoms with Gasteiger partial charge in [-0.05, 0) is 50.6 Å². The van der Waals surface area contributed by atoms with E-state index in [0.717, 1.165) is 17.7 Å². The quantitative estimate of drug-likeness (QED) is 0.679. The van der Waals surface area contributed by atoms with Crippen LogP contribution in [0, 0.1) is 56.7 Å². The Balaban J connectivity index is 2.22. The minimum atomic E-state index is -1.73. The van der Waals surface area contributed by atoms with Gasteiger partial charge in [-0.1, -0.05) is 19.1 Å². The molecule has 7 nitrogen and oxygen atoms in total. The molecule has 1 aliphatic heterocycles. The predicted octanol–water partition coefficient (Wildman–Crippen LogP) is 4.04. The Hall–Kier alpha value is -3.34. The highest BCUT2D eigenvalue weighted by Gasteiger charge is 2.57. The fourth-order valence-corrected chi connectivity index (χ4v) is 4.84. The Morgan fingerprint density at radius 1 is 1.19 bits per heavy atom. The van der Waals surface area contributed by atoms with Crippen molar-refractivity contribution in [2.45, 2.75) is 39.7 Å². The SMILES string of the molecule is CCOc1cc([C@@H]2[C@H]3CN(CC)CC=C3C(C#N)C(=N)C2(C#N)C#N)ccc1OC(C)C. The van der Waals surface area contributed by atoms with Gasteiger partial charge in [0.05, 0.1) is 36.6 Å². The first-order valence-corrected chi connectivity index (χ1v) is 11.0. The second-order valence-corrected chi connectivity index (χ2v) is 8.45. The van der Waals surface area contributed by atoms with Crippen molar-refractivity contribution in [3.8, 4) is 29.7 Å². The summed E-state index contributed by atoms with van der Waals surface area (Å²) in [6, 6.07) is 12.0. The first-order valence-electron chi connectivity index (χ1n) is 11.0. The van der Waals surface area contributed by atoms with E-state index >= 15 is 0 Å². The van der Waals surface area contributed by atoms with Crippen LogP contribution in [0.2, 0.25) is 0 Å². The molecule has 0 bridgehead atoms. The van der Waals surface area contributed by atoms with Gasteiger partial charge in [0.2, 0.25) is 0 Å². The van der Waals surface area contributed by atoms with Gasteiger partial charge in [-0.2, -0.15) is 15.8 Å². The lowest BCUT2D eigenvalue weighted by Gasteiger charge is -2.47. The third kappa shape index (κ3) is 3.83. The van der Waals surface area contributed by atoms with Crippen LogP contribution in [0.1, 0.15) is 39.2 Å². The zero-order valence-electron chi connectivity index (χ0n) is 19.1. The highest BCUT2D eigenvalue weighted by molar-refractivity contribution is 6.00. The molecule has 32 heavy (non-hydrogen) atoms. The number of rotatable bonds is 6. The van der Waals surface area contributed by atoms with E-state index in [1.807, 2.05) is 45.0 Å². The molecule has 2 aliphatic rings. The van der Waals surface area contributed by atoms with Crippen molar-refractivity contribution in [1.29, 1.82) is 21.2 Å². The Morgan fingerprint density at radius 3 is 2.47 bits per heavy atom. The number of likely N-dealkylation sites (N-methyl/N-ethyl adjacent to an activating group) is 1. The van der Waals surface area contributed by atoms with Crippen LogP contribution >= 0.6 is 0 Å². The molecule has 1 N–H and O–H groups in total. The van der Waals surface area contributed by atoms with Crippen molar-refractivity contribution < 1.29 is 9.47 Å². The lowest BCUT2D eigenvalue weighted by molar-refractivity contribution is 0.210. The predicted molar refractivity (Wildman–Crippen MR) is 120 cm³/mol. The number of hydrogen-bond donors (Lipinski definition) is 1. The number of fused-ring (bicyclic) bond motifs is 1. The molecule has 0 aromatic heterocycles. The van der Waals surface area contributed by atoms with Crippen LogP contribution < -0.4 is 9.47 Å². The lowest BCUT2D eigenvalue weighted by atomic mass is 9.54. The van der Waals surface area contributed by atoms with E-state index < -0.39 is 17.3 Å². The van der Waals surface area contributed by atoms with E-state index in [1.54, 1.807) is 0 Å². The summed E-state index contributed by atoms with van der Waals surface area (Å²) in [5.74, 6) is -0.535. The topological polar surface area (TPSA) is 117 Å². The number of benzene rings is 1. The van der Waals surface area contributed by atoms with E-state index in [1.165, 1.54) is 0 Å². The number of hydrogen-bond acceptors (Lipinski definition) is 7. The first-order chi connectivity index (χ1) is 15.4. The number of nitrogens with zero attached hydrogens (tertiary/aromatic N) is 4. The van der Waals surface area contributed by atoms with Gasteiger partial charge in [0.1, 0.15) is 5.92 Å². The number of ether oxygens (including phenoxy) is 2. The molecule has 1 unspecified atom stereocenters. The van der Waals surface area contributed by atoms with Crippen LogP contribution in [0.5, 0.6) is 11.5 Å². The van der Waals surface area contributed by atoms with Crippen molar-refractivity contribution in [2.75, 3.05) is 26.2 Å². The summed E-state index contributed by atoms with van der Waals surface area (Å²) in [7, 11) is 0. The van der Waals surface area contributed by atoms with E-state index in [9.17, 15) is 15.8 Å². The Morgan fingerprint density at radius 2 is 1.91 bits per heavy atom. The van der Waals surface area contributed by atoms with Gasteiger partial charge in [0, 0.05) is 24.9 Å². The molecule has 0 radical (unpaired) electrons. The van der Waals surface area contributed by atoms with Crippen LogP contribution in [-0.2, 0) is 0 Å². The normalized spacial score (nSPS) is 24.5. The minimum Gasteiger partial charge on any atom is -0.490 e. The molecule has 1 fully saturated rings. The summed E-state index contributed by atoms with van der Waals surface area (Å²) in [6.07, 6.45) is 1.97. The van der Waals surface area contributed by atoms with Crippen molar-refractivity contribution in [3.05, 3.63) is 35.4 Å². The maximum atomic E-state index is 10.2. The number of nitrogens with one attached hydrogen (secondary N) is 1. The minimum absolute atomic E-state index is 0.0393. The second-order valence-electron chi connectivity index (χ2n) is 8.45. The molecular formula is C25H29N5O2. The lowest BCUT2D eigenvalue weighted by Crippen LogP contribution is -2.52. The van der Waals surface area contributed by atoms with Crippen molar-refractivity contribution >= 4 is 5.71 Å². The van der Waals surface area contributed by atoms with Crippen LogP contribution in [0.4, 0.5) is 0 Å². The van der Waals surface area contributed by atoms with Crippen LogP contribution in [-0.4, -0.2) is 43.0 Å². The van der Waals surface area contributed by atoms with E-state index in [0.29, 0.717) is 31.2 Å². The highest BCUT2D eigenvalue weighted by atomic mass is 16.5. The second kappa shape index (κ2) is 9.43. The van der Waals surface area contributed by atoms with Gasteiger partial charge in [-0.25, -0.2) is 0 Å². The zero-order valence-corrected chi connectivity index (χ0v) is 19.1. The summed E-state index contributed by atoms with van der Waals surface area (Å²) in [4.78, 5) is 2.23. The third-order valence-corrected chi connectivity index (χ3v) is 6.30. The molecule has 1 heterocycles. The van der Waals surface area contributed by atoms with Crippen molar-refractivity contribution in [1.82, 2.24) is 4.90 Å². The van der Waals surface area contributed by atoms with Gasteiger partial charge in [0.15, 0.2) is 16.9 Å². The molecule has 1 aromatic rings. The van der Waals surface area contributed by atoms with E-state index in [4.69, 9.17) is 14.9 Å². The summed E-state index contributed by atoms with van der Waals surface area (Å²) >= 11 is 0. The van der Waals surface area contributed by atoms with Crippen LogP contribution in [0.25, 0.3) is 0 Å². The Bertz CT molecular complexity index is 1030. The third-order valence-electron chi connectivity index (χ3n) is 6.30. The number of nitriles is 3. The molecule has 7 heteroatoms. The monoisotopic (exact) mass is 431 g/mol. The molecular weight excluding hydrogens is 402 g/mol. The van der Waals surface area contributed by atoms with Crippen molar-refractivity contribution in [2.24, 2.45) is 17.3 Å². The maximum absolute atomic E-state index is 10.2. The molecule has 0 spiro atoms. The standard InChI is InChI=1S/C25H29N5O2/c1-5-30-10-9-18-19(12-26)24(29)25(14-27,15-28)23(20(18)13-30)17-7-8-21(32-16(3)4)22(11-17)31-6-2/h7-9,11,16,19-20,23,29H,5-6,10,13H2,1-4H3/t19?,20-,23+/m0/s1. The molecule has 0 saturated heterocycles. The summed E-state index contributed by atoms with van der Waals surface area (Å²) < 4.78 is 11.7. The smallest absolute Gasteiger partial charge is 0.189 e. The van der Waals surface area contributed by atoms with Gasteiger partial charge in [-0.15, -0.1) is 0 Å². The van der Waals surface area contributed by atoms with E-state index in [-0.39, 0.29) is 17.7 Å². The first kappa shape index (κ1) is 23.3. The largest absolute Gasteiger partial charge is 0.490 e. The molecule has 1 aromatic carbocycles. The highest BCUT2D eigenvalue weighted by Crippen LogP contribution is 2.54. The van der Waals surface area contributed by atoms with E-state index in [2.05, 4.69) is 30.0 Å². The molecule has 166 valence electrons. The molecule has 3 atom stereocenters. The van der Waals surface area contributed by atoms with Gasteiger partial charge in [-0.3, -0.25) is 4.90 Å². The van der Waals surface area contributed by atoms with Gasteiger partial charge >= 0.3 is 0 Å². The Labute approximate surface area is 190 Å². The molecule has 1 aliphatic carbocycles. The Kier molecular flexibility index (Phi) is 6.87. The van der Waals surface area contributed by atoms with Gasteiger partial charge in [0.25, 0.3) is 0 Å². The van der Waals surface area contributed by atoms with Crippen molar-refractivity contribution in [3.63, 3.8) is 0 Å². The average molecular weight is 432 g/mol. The van der Waals surface area contributed by atoms with Crippen LogP contribution in [0.15, 0.2) is 29.8 Å². The fraction of sp³-hybridized carbons (Fsp3) is 0.520. The van der Waals surface area contributed by atoms with Crippen LogP contribution in [0.3, 0.4) is 0 Å². The fourth-order valence-electron chi connectivity index (χ4n) is 4.84. The summed E-state index contributed by atoms with van der Waals surface area (Å²) in [6.45, 7) is 10.4. The molecule has 3 rings (SSSR count). The molecule has 1 saturated carbocycles. The van der Waals surface area contributed by atoms with Gasteiger partial charge < -0.3 is 14.9 Å². The average Bonchev–Trinajstić information content (AvgIpc) is 2.79. The maximum Gasteiger partial charge on any atom is 0.189 e. The zero-order chi connectivity index (χ0) is 23.5. The molecule has 0 amide bonds. The summed E-state index contributed by atoms with van der Waals surface area (Å²) in [5.41, 5.74) is -0.289.